The Labute approximate surface area is 182 Å². The summed E-state index contributed by atoms with van der Waals surface area (Å²) >= 11 is 0. The van der Waals surface area contributed by atoms with Crippen LogP contribution in [0.2, 0.25) is 0 Å². The van der Waals surface area contributed by atoms with Crippen molar-refractivity contribution >= 4 is 35.6 Å². The minimum absolute atomic E-state index is 0. The smallest absolute Gasteiger partial charge is 0.193 e. The predicted molar refractivity (Wildman–Crippen MR) is 124 cm³/mol. The molecular weight excluding hydrogens is 465 g/mol. The standard InChI is InChI=1S/C22H23N3O2.HI/c1-26-16-18-8-5-7-17(13-18)15-24-22(23)25-19-9-6-12-21(14-19)27-20-10-3-2-4-11-20;/h2-14H,15-16H2,1H3,(H3,23,24,25);1H. The third kappa shape index (κ3) is 6.86. The zero-order valence-electron chi connectivity index (χ0n) is 15.7. The van der Waals surface area contributed by atoms with E-state index in [0.29, 0.717) is 19.1 Å². The molecule has 0 aliphatic rings. The van der Waals surface area contributed by atoms with Crippen LogP contribution >= 0.6 is 24.0 Å². The van der Waals surface area contributed by atoms with Crippen LogP contribution in [-0.4, -0.2) is 13.1 Å². The fourth-order valence-electron chi connectivity index (χ4n) is 2.61. The number of hydrogen-bond donors (Lipinski definition) is 2. The highest BCUT2D eigenvalue weighted by Crippen LogP contribution is 2.23. The van der Waals surface area contributed by atoms with Gasteiger partial charge in [0.25, 0.3) is 0 Å². The van der Waals surface area contributed by atoms with Gasteiger partial charge in [0, 0.05) is 18.9 Å². The lowest BCUT2D eigenvalue weighted by atomic mass is 10.1. The molecule has 0 amide bonds. The summed E-state index contributed by atoms with van der Waals surface area (Å²) in [5, 5.41) is 3.10. The van der Waals surface area contributed by atoms with Crippen LogP contribution in [0.15, 0.2) is 83.9 Å². The number of guanidine groups is 1. The quantitative estimate of drug-likeness (QED) is 0.273. The van der Waals surface area contributed by atoms with Crippen molar-refractivity contribution in [3.8, 4) is 11.5 Å². The second-order valence-corrected chi connectivity index (χ2v) is 6.02. The van der Waals surface area contributed by atoms with Crippen LogP contribution in [0.5, 0.6) is 11.5 Å². The van der Waals surface area contributed by atoms with E-state index in [9.17, 15) is 0 Å². The number of nitrogens with two attached hydrogens (primary N) is 1. The van der Waals surface area contributed by atoms with Gasteiger partial charge < -0.3 is 20.5 Å². The van der Waals surface area contributed by atoms with Gasteiger partial charge in [-0.25, -0.2) is 4.99 Å². The molecule has 0 aromatic heterocycles. The highest BCUT2D eigenvalue weighted by molar-refractivity contribution is 14.0. The minimum Gasteiger partial charge on any atom is -0.457 e. The first kappa shape index (κ1) is 21.7. The lowest BCUT2D eigenvalue weighted by Crippen LogP contribution is -2.22. The summed E-state index contributed by atoms with van der Waals surface area (Å²) in [7, 11) is 1.68. The summed E-state index contributed by atoms with van der Waals surface area (Å²) in [5.74, 6) is 1.86. The normalized spacial score (nSPS) is 10.8. The zero-order valence-corrected chi connectivity index (χ0v) is 18.0. The highest BCUT2D eigenvalue weighted by atomic mass is 127. The van der Waals surface area contributed by atoms with Crippen molar-refractivity contribution in [2.75, 3.05) is 12.4 Å². The van der Waals surface area contributed by atoms with Crippen molar-refractivity contribution in [3.05, 3.63) is 90.0 Å². The minimum atomic E-state index is 0. The number of anilines is 1. The molecule has 0 heterocycles. The predicted octanol–water partition coefficient (Wildman–Crippen LogP) is 5.17. The van der Waals surface area contributed by atoms with Gasteiger partial charge in [-0.05, 0) is 35.4 Å². The number of nitrogens with zero attached hydrogens (tertiary/aromatic N) is 1. The first-order chi connectivity index (χ1) is 13.2. The van der Waals surface area contributed by atoms with E-state index in [4.69, 9.17) is 15.2 Å². The van der Waals surface area contributed by atoms with Crippen molar-refractivity contribution in [1.29, 1.82) is 0 Å². The average molecular weight is 489 g/mol. The van der Waals surface area contributed by atoms with Gasteiger partial charge in [-0.15, -0.1) is 24.0 Å². The number of hydrogen-bond acceptors (Lipinski definition) is 3. The maximum Gasteiger partial charge on any atom is 0.193 e. The van der Waals surface area contributed by atoms with E-state index in [-0.39, 0.29) is 24.0 Å². The second-order valence-electron chi connectivity index (χ2n) is 6.02. The van der Waals surface area contributed by atoms with Crippen molar-refractivity contribution in [3.63, 3.8) is 0 Å². The summed E-state index contributed by atoms with van der Waals surface area (Å²) in [6, 6.07) is 25.3. The number of benzene rings is 3. The topological polar surface area (TPSA) is 68.9 Å². The molecule has 3 rings (SSSR count). The molecule has 3 N–H and O–H groups in total. The molecule has 0 unspecified atom stereocenters. The molecule has 0 aliphatic carbocycles. The summed E-state index contributed by atoms with van der Waals surface area (Å²) in [6.45, 7) is 1.08. The first-order valence-corrected chi connectivity index (χ1v) is 8.69. The van der Waals surface area contributed by atoms with E-state index in [1.807, 2.05) is 72.8 Å². The number of para-hydroxylation sites is 1. The Hall–Kier alpha value is -2.58. The molecule has 0 atom stereocenters. The second kappa shape index (κ2) is 11.3. The monoisotopic (exact) mass is 489 g/mol. The van der Waals surface area contributed by atoms with E-state index in [2.05, 4.69) is 16.4 Å². The summed E-state index contributed by atoms with van der Waals surface area (Å²) in [6.07, 6.45) is 0. The fourth-order valence-corrected chi connectivity index (χ4v) is 2.61. The summed E-state index contributed by atoms with van der Waals surface area (Å²) < 4.78 is 11.0. The number of methoxy groups -OCH3 is 1. The van der Waals surface area contributed by atoms with E-state index in [1.54, 1.807) is 7.11 Å². The Balaban J connectivity index is 0.00000280. The molecule has 0 aliphatic heterocycles. The Kier molecular flexibility index (Phi) is 8.77. The fraction of sp³-hybridized carbons (Fsp3) is 0.136. The van der Waals surface area contributed by atoms with Crippen LogP contribution in [-0.2, 0) is 17.9 Å². The van der Waals surface area contributed by atoms with E-state index < -0.39 is 0 Å². The lowest BCUT2D eigenvalue weighted by Gasteiger charge is -2.09. The number of rotatable bonds is 7. The molecule has 6 heteroatoms. The first-order valence-electron chi connectivity index (χ1n) is 8.69. The third-order valence-electron chi connectivity index (χ3n) is 3.82. The van der Waals surface area contributed by atoms with Crippen LogP contribution in [0.25, 0.3) is 0 Å². The number of aliphatic imine (C=N–C) groups is 1. The number of ether oxygens (including phenoxy) is 2. The zero-order chi connectivity index (χ0) is 18.9. The number of halogens is 1. The molecule has 0 spiro atoms. The van der Waals surface area contributed by atoms with E-state index in [0.717, 1.165) is 28.3 Å². The molecule has 5 nitrogen and oxygen atoms in total. The summed E-state index contributed by atoms with van der Waals surface area (Å²) in [4.78, 5) is 4.41. The van der Waals surface area contributed by atoms with Crippen molar-refractivity contribution in [1.82, 2.24) is 0 Å². The van der Waals surface area contributed by atoms with Gasteiger partial charge in [-0.3, -0.25) is 0 Å². The Morgan fingerprint density at radius 2 is 1.61 bits per heavy atom. The van der Waals surface area contributed by atoms with Gasteiger partial charge in [0.15, 0.2) is 5.96 Å². The molecule has 0 saturated heterocycles. The highest BCUT2D eigenvalue weighted by Gasteiger charge is 2.01. The molecule has 0 saturated carbocycles. The van der Waals surface area contributed by atoms with E-state index in [1.165, 1.54) is 0 Å². The summed E-state index contributed by atoms with van der Waals surface area (Å²) in [5.41, 5.74) is 9.04. The van der Waals surface area contributed by atoms with Gasteiger partial charge in [-0.2, -0.15) is 0 Å². The Bertz CT molecular complexity index is 901. The van der Waals surface area contributed by atoms with Crippen molar-refractivity contribution in [2.45, 2.75) is 13.2 Å². The van der Waals surface area contributed by atoms with Gasteiger partial charge in [0.05, 0.1) is 13.2 Å². The van der Waals surface area contributed by atoms with Gasteiger partial charge in [0.2, 0.25) is 0 Å². The van der Waals surface area contributed by atoms with Crippen LogP contribution in [0.4, 0.5) is 5.69 Å². The third-order valence-corrected chi connectivity index (χ3v) is 3.82. The molecule has 0 radical (unpaired) electrons. The maximum atomic E-state index is 6.03. The Morgan fingerprint density at radius 1 is 0.893 bits per heavy atom. The van der Waals surface area contributed by atoms with Crippen molar-refractivity contribution < 1.29 is 9.47 Å². The average Bonchev–Trinajstić information content (AvgIpc) is 2.68. The largest absolute Gasteiger partial charge is 0.457 e. The van der Waals surface area contributed by atoms with Crippen molar-refractivity contribution in [2.24, 2.45) is 10.7 Å². The van der Waals surface area contributed by atoms with E-state index >= 15 is 0 Å². The van der Waals surface area contributed by atoms with Crippen LogP contribution in [0, 0.1) is 0 Å². The van der Waals surface area contributed by atoms with Crippen LogP contribution in [0.1, 0.15) is 11.1 Å². The molecule has 3 aromatic rings. The van der Waals surface area contributed by atoms with Gasteiger partial charge in [-0.1, -0.05) is 48.5 Å². The Morgan fingerprint density at radius 3 is 2.39 bits per heavy atom. The molecular formula is C22H24IN3O2. The number of nitrogens with one attached hydrogen (secondary N) is 1. The van der Waals surface area contributed by atoms with Gasteiger partial charge in [0.1, 0.15) is 11.5 Å². The molecule has 3 aromatic carbocycles. The SMILES string of the molecule is COCc1cccc(CN=C(N)Nc2cccc(Oc3ccccc3)c2)c1.I. The van der Waals surface area contributed by atoms with Gasteiger partial charge >= 0.3 is 0 Å². The van der Waals surface area contributed by atoms with Crippen LogP contribution in [0.3, 0.4) is 0 Å². The molecule has 0 bridgehead atoms. The molecule has 28 heavy (non-hydrogen) atoms. The lowest BCUT2D eigenvalue weighted by molar-refractivity contribution is 0.185. The maximum absolute atomic E-state index is 6.03. The molecule has 0 fully saturated rings. The molecule has 146 valence electrons. The van der Waals surface area contributed by atoms with Crippen LogP contribution < -0.4 is 15.8 Å².